The average Bonchev–Trinajstić information content (AvgIpc) is 2.91. The molecule has 0 fully saturated rings. The summed E-state index contributed by atoms with van der Waals surface area (Å²) in [5.74, 6) is -2.02. The normalized spacial score (nSPS) is 20.1. The van der Waals surface area contributed by atoms with Crippen molar-refractivity contribution in [1.82, 2.24) is 9.88 Å². The third-order valence-electron chi connectivity index (χ3n) is 7.70. The van der Waals surface area contributed by atoms with Crippen LogP contribution in [0, 0.1) is 23.5 Å². The molecule has 0 saturated carbocycles. The third kappa shape index (κ3) is 5.46. The predicted molar refractivity (Wildman–Crippen MR) is 149 cm³/mol. The fraction of sp³-hybridized carbons (Fsp3) is 0.323. The van der Waals surface area contributed by atoms with E-state index < -0.39 is 11.6 Å². The number of anilines is 1. The van der Waals surface area contributed by atoms with E-state index in [1.165, 1.54) is 12.1 Å². The lowest BCUT2D eigenvalue weighted by Gasteiger charge is -2.35. The van der Waals surface area contributed by atoms with Crippen LogP contribution in [0.25, 0.3) is 16.7 Å². The molecule has 5 nitrogen and oxygen atoms in total. The molecule has 2 bridgehead atoms. The SMILES string of the molecule is CC(C)[C@H]1CCC[C@H](N2CCC(c3c(F)ccc(Cl)c3F)=CC2=O)c2cc(ccn2)-c2ccccc2NC1=O. The van der Waals surface area contributed by atoms with Gasteiger partial charge in [0, 0.05) is 36.0 Å². The maximum Gasteiger partial charge on any atom is 0.247 e. The number of aromatic nitrogens is 1. The van der Waals surface area contributed by atoms with Crippen molar-refractivity contribution < 1.29 is 18.4 Å². The van der Waals surface area contributed by atoms with Gasteiger partial charge >= 0.3 is 0 Å². The minimum atomic E-state index is -0.860. The van der Waals surface area contributed by atoms with E-state index >= 15 is 0 Å². The third-order valence-corrected chi connectivity index (χ3v) is 7.99. The number of amides is 2. The topological polar surface area (TPSA) is 62.3 Å². The van der Waals surface area contributed by atoms with Crippen molar-refractivity contribution in [3.63, 3.8) is 0 Å². The molecule has 1 N–H and O–H groups in total. The van der Waals surface area contributed by atoms with E-state index in [1.807, 2.05) is 50.2 Å². The van der Waals surface area contributed by atoms with E-state index in [1.54, 1.807) is 11.1 Å². The van der Waals surface area contributed by atoms with E-state index in [2.05, 4.69) is 10.3 Å². The van der Waals surface area contributed by atoms with Crippen LogP contribution in [-0.4, -0.2) is 28.2 Å². The van der Waals surface area contributed by atoms with Gasteiger partial charge in [-0.1, -0.05) is 50.1 Å². The molecule has 3 aromatic rings. The molecule has 0 aliphatic carbocycles. The zero-order chi connectivity index (χ0) is 27.7. The quantitative estimate of drug-likeness (QED) is 0.345. The van der Waals surface area contributed by atoms with Crippen molar-refractivity contribution in [3.8, 4) is 11.1 Å². The Morgan fingerprint density at radius 2 is 1.87 bits per heavy atom. The molecule has 39 heavy (non-hydrogen) atoms. The number of fused-ring (bicyclic) bond motifs is 4. The second-order valence-electron chi connectivity index (χ2n) is 10.5. The Labute approximate surface area is 231 Å². The number of rotatable bonds is 3. The molecule has 2 amide bonds. The first kappa shape index (κ1) is 27.0. The van der Waals surface area contributed by atoms with Crippen LogP contribution in [-0.2, 0) is 9.59 Å². The molecule has 2 aromatic carbocycles. The van der Waals surface area contributed by atoms with Crippen LogP contribution in [0.2, 0.25) is 5.02 Å². The summed E-state index contributed by atoms with van der Waals surface area (Å²) in [6, 6.07) is 13.4. The summed E-state index contributed by atoms with van der Waals surface area (Å²) in [6.45, 7) is 4.35. The zero-order valence-corrected chi connectivity index (χ0v) is 22.6. The average molecular weight is 550 g/mol. The van der Waals surface area contributed by atoms with Crippen molar-refractivity contribution in [2.75, 3.05) is 11.9 Å². The van der Waals surface area contributed by atoms with Gasteiger partial charge in [0.1, 0.15) is 5.82 Å². The molecule has 8 heteroatoms. The summed E-state index contributed by atoms with van der Waals surface area (Å²) in [5.41, 5.74) is 3.25. The number of para-hydroxylation sites is 1. The van der Waals surface area contributed by atoms with Gasteiger partial charge in [-0.05, 0) is 66.6 Å². The predicted octanol–water partition coefficient (Wildman–Crippen LogP) is 7.43. The largest absolute Gasteiger partial charge is 0.330 e. The monoisotopic (exact) mass is 549 g/mol. The maximum atomic E-state index is 14.7. The van der Waals surface area contributed by atoms with Crippen molar-refractivity contribution in [2.24, 2.45) is 11.8 Å². The molecule has 3 heterocycles. The molecule has 0 radical (unpaired) electrons. The Morgan fingerprint density at radius 1 is 1.08 bits per heavy atom. The summed E-state index contributed by atoms with van der Waals surface area (Å²) in [5, 5.41) is 2.94. The van der Waals surface area contributed by atoms with E-state index in [4.69, 9.17) is 11.6 Å². The van der Waals surface area contributed by atoms with Crippen molar-refractivity contribution >= 4 is 34.7 Å². The van der Waals surface area contributed by atoms with Gasteiger partial charge in [0.2, 0.25) is 11.8 Å². The van der Waals surface area contributed by atoms with Crippen LogP contribution in [0.1, 0.15) is 56.8 Å². The van der Waals surface area contributed by atoms with Gasteiger partial charge in [0.25, 0.3) is 0 Å². The van der Waals surface area contributed by atoms with E-state index in [-0.39, 0.29) is 58.8 Å². The summed E-state index contributed by atoms with van der Waals surface area (Å²) < 4.78 is 29.2. The highest BCUT2D eigenvalue weighted by atomic mass is 35.5. The Kier molecular flexibility index (Phi) is 7.80. The molecule has 202 valence electrons. The first-order chi connectivity index (χ1) is 18.7. The van der Waals surface area contributed by atoms with Gasteiger partial charge in [0.15, 0.2) is 5.82 Å². The first-order valence-corrected chi connectivity index (χ1v) is 13.6. The lowest BCUT2D eigenvalue weighted by Crippen LogP contribution is -2.38. The lowest BCUT2D eigenvalue weighted by atomic mass is 9.87. The molecular weight excluding hydrogens is 520 g/mol. The van der Waals surface area contributed by atoms with Gasteiger partial charge in [0.05, 0.1) is 22.3 Å². The van der Waals surface area contributed by atoms with Gasteiger partial charge in [-0.3, -0.25) is 14.6 Å². The number of pyridine rings is 1. The molecular formula is C31H30ClF2N3O2. The van der Waals surface area contributed by atoms with Gasteiger partial charge in [-0.2, -0.15) is 0 Å². The minimum Gasteiger partial charge on any atom is -0.330 e. The summed E-state index contributed by atoms with van der Waals surface area (Å²) >= 11 is 5.90. The number of benzene rings is 2. The van der Waals surface area contributed by atoms with E-state index in [0.717, 1.165) is 28.6 Å². The lowest BCUT2D eigenvalue weighted by molar-refractivity contribution is -0.129. The molecule has 5 rings (SSSR count). The Balaban J connectivity index is 1.54. The second kappa shape index (κ2) is 11.3. The number of carbonyl (C=O) groups excluding carboxylic acids is 2. The standard InChI is InChI=1S/C31H30ClF2N3O2/c1-18(2)21-7-5-9-27(26-16-19(12-14-35-26)22-6-3-4-8-25(22)36-31(21)39)37-15-13-20(17-28(37)38)29-24(33)11-10-23(32)30(29)34/h3-4,6,8,10-12,14,16-18,21,27H,5,7,9,13,15H2,1-2H3,(H,36,39)/t21-,27+/m1/s1. The van der Waals surface area contributed by atoms with E-state index in [0.29, 0.717) is 19.3 Å². The Morgan fingerprint density at radius 3 is 2.64 bits per heavy atom. The zero-order valence-electron chi connectivity index (χ0n) is 21.9. The molecule has 0 saturated heterocycles. The van der Waals surface area contributed by atoms with Gasteiger partial charge in [-0.15, -0.1) is 0 Å². The first-order valence-electron chi connectivity index (χ1n) is 13.3. The van der Waals surface area contributed by atoms with Crippen LogP contribution in [0.15, 0.2) is 60.8 Å². The fourth-order valence-electron chi connectivity index (χ4n) is 5.61. The van der Waals surface area contributed by atoms with Crippen LogP contribution in [0.3, 0.4) is 0 Å². The number of halogens is 3. The number of hydrogen-bond acceptors (Lipinski definition) is 3. The van der Waals surface area contributed by atoms with Crippen molar-refractivity contribution in [2.45, 2.75) is 45.6 Å². The Hall–Kier alpha value is -3.58. The second-order valence-corrected chi connectivity index (χ2v) is 10.9. The van der Waals surface area contributed by atoms with E-state index in [9.17, 15) is 18.4 Å². The molecule has 2 aliphatic rings. The van der Waals surface area contributed by atoms with Crippen molar-refractivity contribution in [3.05, 3.63) is 88.7 Å². The minimum absolute atomic E-state index is 0.0175. The molecule has 2 aliphatic heterocycles. The number of carbonyl (C=O) groups is 2. The number of nitrogens with one attached hydrogen (secondary N) is 1. The molecule has 2 atom stereocenters. The summed E-state index contributed by atoms with van der Waals surface area (Å²) in [7, 11) is 0. The summed E-state index contributed by atoms with van der Waals surface area (Å²) in [4.78, 5) is 33.1. The van der Waals surface area contributed by atoms with Gasteiger partial charge < -0.3 is 10.2 Å². The molecule has 0 spiro atoms. The maximum absolute atomic E-state index is 14.7. The highest BCUT2D eigenvalue weighted by molar-refractivity contribution is 6.31. The number of nitrogens with zero attached hydrogens (tertiary/aromatic N) is 2. The molecule has 1 aromatic heterocycles. The Bertz CT molecular complexity index is 1460. The number of hydrogen-bond donors (Lipinski definition) is 1. The van der Waals surface area contributed by atoms with Crippen LogP contribution in [0.5, 0.6) is 0 Å². The highest BCUT2D eigenvalue weighted by Crippen LogP contribution is 2.37. The summed E-state index contributed by atoms with van der Waals surface area (Å²) in [6.07, 6.45) is 5.25. The van der Waals surface area contributed by atoms with Crippen LogP contribution >= 0.6 is 11.6 Å². The fourth-order valence-corrected chi connectivity index (χ4v) is 5.77. The highest BCUT2D eigenvalue weighted by Gasteiger charge is 2.32. The van der Waals surface area contributed by atoms with Crippen LogP contribution in [0.4, 0.5) is 14.5 Å². The van der Waals surface area contributed by atoms with Crippen molar-refractivity contribution in [1.29, 1.82) is 0 Å². The van der Waals surface area contributed by atoms with Gasteiger partial charge in [-0.25, -0.2) is 8.78 Å². The van der Waals surface area contributed by atoms with Crippen LogP contribution < -0.4 is 5.32 Å². The smallest absolute Gasteiger partial charge is 0.247 e. The molecule has 0 unspecified atom stereocenters.